The number of fused-ring (bicyclic) bond motifs is 3. The summed E-state index contributed by atoms with van der Waals surface area (Å²) in [6.45, 7) is 5.93. The highest BCUT2D eigenvalue weighted by atomic mass is 16.4. The maximum absolute atomic E-state index is 11.0. The van der Waals surface area contributed by atoms with Crippen molar-refractivity contribution in [3.05, 3.63) is 29.3 Å². The second-order valence-electron chi connectivity index (χ2n) is 7.63. The van der Waals surface area contributed by atoms with Gasteiger partial charge in [0.2, 0.25) is 0 Å². The van der Waals surface area contributed by atoms with Crippen LogP contribution in [0.15, 0.2) is 18.2 Å². The summed E-state index contributed by atoms with van der Waals surface area (Å²) in [7, 11) is 0. The summed E-state index contributed by atoms with van der Waals surface area (Å²) in [6, 6.07) is 5.67. The van der Waals surface area contributed by atoms with Crippen molar-refractivity contribution in [1.29, 1.82) is 0 Å². The number of aliphatic hydroxyl groups is 2. The van der Waals surface area contributed by atoms with Crippen molar-refractivity contribution in [2.45, 2.75) is 75.9 Å². The Morgan fingerprint density at radius 2 is 1.91 bits per heavy atom. The molecule has 0 aliphatic heterocycles. The van der Waals surface area contributed by atoms with Crippen molar-refractivity contribution in [3.8, 4) is 5.75 Å². The first kappa shape index (κ1) is 15.8. The molecule has 3 nitrogen and oxygen atoms in total. The van der Waals surface area contributed by atoms with Crippen LogP contribution in [0.2, 0.25) is 0 Å². The highest BCUT2D eigenvalue weighted by Gasteiger charge is 2.59. The lowest BCUT2D eigenvalue weighted by molar-refractivity contribution is -0.199. The molecule has 1 fully saturated rings. The summed E-state index contributed by atoms with van der Waals surface area (Å²) in [4.78, 5) is 0. The molecule has 0 radical (unpaired) electrons. The summed E-state index contributed by atoms with van der Waals surface area (Å²) >= 11 is 0. The lowest BCUT2D eigenvalue weighted by atomic mass is 9.49. The fraction of sp³-hybridized carbons (Fsp3) is 0.684. The number of rotatable bonds is 2. The van der Waals surface area contributed by atoms with E-state index in [1.54, 1.807) is 13.0 Å². The van der Waals surface area contributed by atoms with E-state index in [0.717, 1.165) is 19.3 Å². The molecule has 122 valence electrons. The molecule has 0 saturated heterocycles. The monoisotopic (exact) mass is 304 g/mol. The van der Waals surface area contributed by atoms with Gasteiger partial charge in [0.05, 0.1) is 11.2 Å². The molecule has 0 unspecified atom stereocenters. The quantitative estimate of drug-likeness (QED) is 0.786. The maximum atomic E-state index is 11.0. The van der Waals surface area contributed by atoms with Gasteiger partial charge in [-0.2, -0.15) is 0 Å². The number of phenols is 1. The number of aromatic hydroxyl groups is 1. The predicted octanol–water partition coefficient (Wildman–Crippen LogP) is 3.29. The summed E-state index contributed by atoms with van der Waals surface area (Å²) in [5.74, 6) is 0.704. The van der Waals surface area contributed by atoms with Gasteiger partial charge < -0.3 is 15.3 Å². The Bertz CT molecular complexity index is 580. The molecule has 0 aromatic heterocycles. The van der Waals surface area contributed by atoms with E-state index >= 15 is 0 Å². The number of hydrogen-bond donors (Lipinski definition) is 3. The van der Waals surface area contributed by atoms with E-state index in [0.29, 0.717) is 30.9 Å². The maximum Gasteiger partial charge on any atom is 0.115 e. The van der Waals surface area contributed by atoms with Crippen LogP contribution in [0.25, 0.3) is 0 Å². The van der Waals surface area contributed by atoms with Gasteiger partial charge in [0.25, 0.3) is 0 Å². The van der Waals surface area contributed by atoms with Crippen molar-refractivity contribution in [1.82, 2.24) is 0 Å². The third-order valence-corrected chi connectivity index (χ3v) is 6.63. The van der Waals surface area contributed by atoms with Crippen LogP contribution in [0.4, 0.5) is 0 Å². The number of benzene rings is 1. The van der Waals surface area contributed by atoms with Crippen LogP contribution in [0.1, 0.15) is 64.0 Å². The molecule has 1 aromatic carbocycles. The van der Waals surface area contributed by atoms with E-state index < -0.39 is 11.2 Å². The third kappa shape index (κ3) is 2.02. The molecular formula is C19H28O3. The first-order chi connectivity index (χ1) is 10.3. The molecular weight excluding hydrogens is 276 g/mol. The van der Waals surface area contributed by atoms with E-state index in [1.807, 2.05) is 19.1 Å². The molecule has 3 heteroatoms. The van der Waals surface area contributed by atoms with Gasteiger partial charge in [0.15, 0.2) is 0 Å². The largest absolute Gasteiger partial charge is 0.508 e. The van der Waals surface area contributed by atoms with Crippen LogP contribution < -0.4 is 0 Å². The third-order valence-electron chi connectivity index (χ3n) is 6.63. The zero-order valence-corrected chi connectivity index (χ0v) is 13.9. The second-order valence-corrected chi connectivity index (χ2v) is 7.63. The Morgan fingerprint density at radius 3 is 2.55 bits per heavy atom. The Balaban J connectivity index is 2.12. The zero-order valence-electron chi connectivity index (χ0n) is 13.9. The number of hydrogen-bond acceptors (Lipinski definition) is 3. The fourth-order valence-corrected chi connectivity index (χ4v) is 5.17. The fourth-order valence-electron chi connectivity index (χ4n) is 5.17. The van der Waals surface area contributed by atoms with Crippen molar-refractivity contribution >= 4 is 0 Å². The minimum Gasteiger partial charge on any atom is -0.508 e. The lowest BCUT2D eigenvalue weighted by Crippen LogP contribution is -2.63. The van der Waals surface area contributed by atoms with Crippen LogP contribution in [0.3, 0.4) is 0 Å². The molecule has 2 aliphatic rings. The van der Waals surface area contributed by atoms with Crippen LogP contribution >= 0.6 is 0 Å². The normalized spacial score (nSPS) is 40.9. The van der Waals surface area contributed by atoms with Gasteiger partial charge in [-0.1, -0.05) is 19.9 Å². The first-order valence-corrected chi connectivity index (χ1v) is 8.55. The molecule has 0 spiro atoms. The summed E-state index contributed by atoms with van der Waals surface area (Å²) in [5.41, 5.74) is 0.302. The molecule has 3 rings (SSSR count). The van der Waals surface area contributed by atoms with Crippen molar-refractivity contribution < 1.29 is 15.3 Å². The van der Waals surface area contributed by atoms with E-state index in [9.17, 15) is 15.3 Å². The lowest BCUT2D eigenvalue weighted by Gasteiger charge is -2.58. The standard InChI is InChI=1S/C19H28O3/c1-4-18-12-17(3,21)19(22,5-2)11-14(18)7-6-13-10-15(20)8-9-16(13)18/h8-10,14,20-22H,4-7,11-12H2,1-3H3/t14-,17-,18-,19+/m1/s1. The average Bonchev–Trinajstić information content (AvgIpc) is 2.48. The Morgan fingerprint density at radius 1 is 1.18 bits per heavy atom. The van der Waals surface area contributed by atoms with Crippen LogP contribution in [-0.4, -0.2) is 26.5 Å². The predicted molar refractivity (Wildman–Crippen MR) is 87.0 cm³/mol. The van der Waals surface area contributed by atoms with E-state index in [4.69, 9.17) is 0 Å². The molecule has 0 bridgehead atoms. The Kier molecular flexibility index (Phi) is 3.57. The van der Waals surface area contributed by atoms with E-state index in [2.05, 4.69) is 6.92 Å². The first-order valence-electron chi connectivity index (χ1n) is 8.55. The summed E-state index contributed by atoms with van der Waals surface area (Å²) < 4.78 is 0. The van der Waals surface area contributed by atoms with Gasteiger partial charge in [-0.3, -0.25) is 0 Å². The van der Waals surface area contributed by atoms with Crippen molar-refractivity contribution in [2.75, 3.05) is 0 Å². The molecule has 4 atom stereocenters. The minimum absolute atomic E-state index is 0.0911. The smallest absolute Gasteiger partial charge is 0.115 e. The Hall–Kier alpha value is -1.06. The summed E-state index contributed by atoms with van der Waals surface area (Å²) in [5, 5.41) is 31.7. The van der Waals surface area contributed by atoms with Crippen molar-refractivity contribution in [3.63, 3.8) is 0 Å². The molecule has 2 aliphatic carbocycles. The second kappa shape index (κ2) is 4.97. The molecule has 1 aromatic rings. The summed E-state index contributed by atoms with van der Waals surface area (Å²) in [6.07, 6.45) is 4.73. The van der Waals surface area contributed by atoms with Crippen LogP contribution in [0.5, 0.6) is 5.75 Å². The van der Waals surface area contributed by atoms with E-state index in [-0.39, 0.29) is 5.41 Å². The molecule has 0 amide bonds. The van der Waals surface area contributed by atoms with Gasteiger partial charge in [-0.15, -0.1) is 0 Å². The highest BCUT2D eigenvalue weighted by Crippen LogP contribution is 2.58. The van der Waals surface area contributed by atoms with Gasteiger partial charge in [0, 0.05) is 5.41 Å². The van der Waals surface area contributed by atoms with Crippen LogP contribution in [-0.2, 0) is 11.8 Å². The Labute approximate surface area is 133 Å². The molecule has 0 heterocycles. The zero-order chi connectivity index (χ0) is 16.2. The molecule has 3 N–H and O–H groups in total. The van der Waals surface area contributed by atoms with Gasteiger partial charge in [-0.25, -0.2) is 0 Å². The van der Waals surface area contributed by atoms with Crippen molar-refractivity contribution in [2.24, 2.45) is 5.92 Å². The van der Waals surface area contributed by atoms with Gasteiger partial charge in [-0.05, 0) is 74.6 Å². The highest BCUT2D eigenvalue weighted by molar-refractivity contribution is 5.43. The number of aryl methyl sites for hydroxylation is 1. The minimum atomic E-state index is -1.08. The molecule has 1 saturated carbocycles. The topological polar surface area (TPSA) is 60.7 Å². The number of phenolic OH excluding ortho intramolecular Hbond substituents is 1. The van der Waals surface area contributed by atoms with Gasteiger partial charge >= 0.3 is 0 Å². The molecule has 22 heavy (non-hydrogen) atoms. The van der Waals surface area contributed by atoms with Crippen LogP contribution in [0, 0.1) is 5.92 Å². The average molecular weight is 304 g/mol. The SMILES string of the molecule is CC[C@@]12C[C@@](C)(O)[C@](O)(CC)C[C@H]1CCc1cc(O)ccc12. The van der Waals surface area contributed by atoms with E-state index in [1.165, 1.54) is 11.1 Å². The van der Waals surface area contributed by atoms with Gasteiger partial charge in [0.1, 0.15) is 5.75 Å².